The minimum Gasteiger partial charge on any atom is -0.496 e. The molecule has 2 aromatic carbocycles. The quantitative estimate of drug-likeness (QED) is 0.655. The highest BCUT2D eigenvalue weighted by molar-refractivity contribution is 7.89. The van der Waals surface area contributed by atoms with Crippen LogP contribution in [0.5, 0.6) is 5.75 Å². The molecule has 1 aliphatic heterocycles. The first kappa shape index (κ1) is 22.8. The molecule has 0 aliphatic carbocycles. The molecule has 0 saturated carbocycles. The van der Waals surface area contributed by atoms with E-state index in [-0.39, 0.29) is 22.8 Å². The van der Waals surface area contributed by atoms with Gasteiger partial charge in [-0.1, -0.05) is 12.5 Å². The fraction of sp³-hybridized carbons (Fsp3) is 0.364. The van der Waals surface area contributed by atoms with Gasteiger partial charge in [0, 0.05) is 18.8 Å². The zero-order chi connectivity index (χ0) is 22.4. The Balaban J connectivity index is 1.88. The summed E-state index contributed by atoms with van der Waals surface area (Å²) in [4.78, 5) is 24.9. The van der Waals surface area contributed by atoms with Crippen molar-refractivity contribution in [1.29, 1.82) is 0 Å². The molecule has 1 amide bonds. The molecule has 0 atom stereocenters. The number of nitrogens with zero attached hydrogens (tertiary/aromatic N) is 1. The maximum absolute atomic E-state index is 13.0. The summed E-state index contributed by atoms with van der Waals surface area (Å²) in [5.41, 5.74) is 0.761. The fourth-order valence-corrected chi connectivity index (χ4v) is 4.96. The number of rotatable bonds is 7. The van der Waals surface area contributed by atoms with Crippen molar-refractivity contribution in [2.75, 3.05) is 32.1 Å². The number of esters is 1. The van der Waals surface area contributed by atoms with Crippen molar-refractivity contribution in [3.05, 3.63) is 53.6 Å². The standard InChI is InChI=1S/C22H26N2O6S/c1-3-30-22(26)16-8-7-9-17(14-16)23-21(25)19-15-18(10-11-20(19)29-2)31(27,28)24-12-5-4-6-13-24/h7-11,14-15H,3-6,12-13H2,1-2H3,(H,23,25). The lowest BCUT2D eigenvalue weighted by atomic mass is 10.1. The van der Waals surface area contributed by atoms with Crippen LogP contribution in [0.25, 0.3) is 0 Å². The van der Waals surface area contributed by atoms with E-state index in [0.717, 1.165) is 19.3 Å². The van der Waals surface area contributed by atoms with Crippen LogP contribution in [-0.2, 0) is 14.8 Å². The topological polar surface area (TPSA) is 102 Å². The van der Waals surface area contributed by atoms with E-state index in [1.807, 2.05) is 0 Å². The minimum atomic E-state index is -3.70. The largest absolute Gasteiger partial charge is 0.496 e. The van der Waals surface area contributed by atoms with Gasteiger partial charge in [0.25, 0.3) is 5.91 Å². The normalized spacial score (nSPS) is 14.6. The van der Waals surface area contributed by atoms with Gasteiger partial charge < -0.3 is 14.8 Å². The highest BCUT2D eigenvalue weighted by atomic mass is 32.2. The molecule has 3 rings (SSSR count). The number of methoxy groups -OCH3 is 1. The molecule has 31 heavy (non-hydrogen) atoms. The van der Waals surface area contributed by atoms with E-state index < -0.39 is 21.9 Å². The SMILES string of the molecule is CCOC(=O)c1cccc(NC(=O)c2cc(S(=O)(=O)N3CCCCC3)ccc2OC)c1. The van der Waals surface area contributed by atoms with Crippen molar-refractivity contribution in [3.63, 3.8) is 0 Å². The van der Waals surface area contributed by atoms with E-state index >= 15 is 0 Å². The number of hydrogen-bond donors (Lipinski definition) is 1. The molecule has 0 unspecified atom stereocenters. The van der Waals surface area contributed by atoms with Crippen LogP contribution in [0.1, 0.15) is 46.9 Å². The fourth-order valence-electron chi connectivity index (χ4n) is 3.42. The second-order valence-electron chi connectivity index (χ2n) is 7.08. The van der Waals surface area contributed by atoms with Gasteiger partial charge in [-0.15, -0.1) is 0 Å². The Bertz CT molecular complexity index is 1060. The summed E-state index contributed by atoms with van der Waals surface area (Å²) in [6.45, 7) is 2.89. The summed E-state index contributed by atoms with van der Waals surface area (Å²) >= 11 is 0. The van der Waals surface area contributed by atoms with Crippen molar-refractivity contribution < 1.29 is 27.5 Å². The van der Waals surface area contributed by atoms with Gasteiger partial charge in [0.05, 0.1) is 29.7 Å². The highest BCUT2D eigenvalue weighted by Gasteiger charge is 2.27. The molecule has 0 aromatic heterocycles. The van der Waals surface area contributed by atoms with E-state index in [0.29, 0.717) is 24.3 Å². The third-order valence-corrected chi connectivity index (χ3v) is 6.89. The number of carbonyl (C=O) groups is 2. The number of piperidine rings is 1. The van der Waals surface area contributed by atoms with Gasteiger partial charge in [-0.05, 0) is 56.2 Å². The zero-order valence-electron chi connectivity index (χ0n) is 17.6. The average molecular weight is 447 g/mol. The Morgan fingerprint density at radius 3 is 2.48 bits per heavy atom. The third kappa shape index (κ3) is 5.23. The van der Waals surface area contributed by atoms with Crippen molar-refractivity contribution in [2.45, 2.75) is 31.1 Å². The van der Waals surface area contributed by atoms with Crippen molar-refractivity contribution in [2.24, 2.45) is 0 Å². The monoisotopic (exact) mass is 446 g/mol. The predicted molar refractivity (Wildman–Crippen MR) is 116 cm³/mol. The number of sulfonamides is 1. The van der Waals surface area contributed by atoms with Gasteiger partial charge in [-0.2, -0.15) is 4.31 Å². The first-order valence-corrected chi connectivity index (χ1v) is 11.6. The minimum absolute atomic E-state index is 0.0422. The first-order valence-electron chi connectivity index (χ1n) is 10.1. The third-order valence-electron chi connectivity index (χ3n) is 5.00. The second kappa shape index (κ2) is 9.93. The van der Waals surface area contributed by atoms with Crippen LogP contribution in [0.4, 0.5) is 5.69 Å². The Labute approximate surface area is 182 Å². The molecule has 166 valence electrons. The van der Waals surface area contributed by atoms with E-state index in [1.54, 1.807) is 25.1 Å². The van der Waals surface area contributed by atoms with Crippen LogP contribution < -0.4 is 10.1 Å². The van der Waals surface area contributed by atoms with Crippen LogP contribution in [-0.4, -0.2) is 51.4 Å². The van der Waals surface area contributed by atoms with Crippen LogP contribution in [0, 0.1) is 0 Å². The molecule has 1 N–H and O–H groups in total. The van der Waals surface area contributed by atoms with Crippen LogP contribution in [0.2, 0.25) is 0 Å². The number of ether oxygens (including phenoxy) is 2. The van der Waals surface area contributed by atoms with Gasteiger partial charge in [0.1, 0.15) is 5.75 Å². The summed E-state index contributed by atoms with van der Waals surface area (Å²) in [5.74, 6) is -0.795. The lowest BCUT2D eigenvalue weighted by molar-refractivity contribution is 0.0526. The number of nitrogens with one attached hydrogen (secondary N) is 1. The molecule has 8 nitrogen and oxygen atoms in total. The number of anilines is 1. The summed E-state index contributed by atoms with van der Waals surface area (Å²) in [6.07, 6.45) is 2.65. The molecule has 2 aromatic rings. The highest BCUT2D eigenvalue weighted by Crippen LogP contribution is 2.27. The smallest absolute Gasteiger partial charge is 0.338 e. The molecule has 0 bridgehead atoms. The van der Waals surface area contributed by atoms with Gasteiger partial charge in [-0.25, -0.2) is 13.2 Å². The second-order valence-corrected chi connectivity index (χ2v) is 9.02. The summed E-state index contributed by atoms with van der Waals surface area (Å²) in [5, 5.41) is 2.69. The summed E-state index contributed by atoms with van der Waals surface area (Å²) in [7, 11) is -2.29. The maximum atomic E-state index is 13.0. The lowest BCUT2D eigenvalue weighted by Crippen LogP contribution is -2.35. The molecule has 9 heteroatoms. The van der Waals surface area contributed by atoms with E-state index in [4.69, 9.17) is 9.47 Å². The Morgan fingerprint density at radius 2 is 1.81 bits per heavy atom. The Kier molecular flexibility index (Phi) is 7.29. The number of hydrogen-bond acceptors (Lipinski definition) is 6. The molecule has 1 saturated heterocycles. The molecule has 1 aliphatic rings. The van der Waals surface area contributed by atoms with Crippen LogP contribution in [0.15, 0.2) is 47.4 Å². The zero-order valence-corrected chi connectivity index (χ0v) is 18.4. The number of amides is 1. The van der Waals surface area contributed by atoms with Crippen LogP contribution in [0.3, 0.4) is 0 Å². The number of benzene rings is 2. The molecule has 0 spiro atoms. The summed E-state index contributed by atoms with van der Waals surface area (Å²) < 4.78 is 37.7. The lowest BCUT2D eigenvalue weighted by Gasteiger charge is -2.26. The average Bonchev–Trinajstić information content (AvgIpc) is 2.79. The maximum Gasteiger partial charge on any atom is 0.338 e. The Morgan fingerprint density at radius 1 is 1.06 bits per heavy atom. The first-order chi connectivity index (χ1) is 14.9. The van der Waals surface area contributed by atoms with E-state index in [9.17, 15) is 18.0 Å². The van der Waals surface area contributed by atoms with Gasteiger partial charge in [0.15, 0.2) is 0 Å². The molecule has 1 fully saturated rings. The molecule has 0 radical (unpaired) electrons. The van der Waals surface area contributed by atoms with Crippen LogP contribution >= 0.6 is 0 Å². The van der Waals surface area contributed by atoms with E-state index in [1.165, 1.54) is 35.7 Å². The molecular weight excluding hydrogens is 420 g/mol. The van der Waals surface area contributed by atoms with Crippen molar-refractivity contribution in [3.8, 4) is 5.75 Å². The predicted octanol–water partition coefficient (Wildman–Crippen LogP) is 3.30. The number of carbonyl (C=O) groups excluding carboxylic acids is 2. The summed E-state index contributed by atoms with van der Waals surface area (Å²) in [6, 6.07) is 10.6. The molecule has 1 heterocycles. The van der Waals surface area contributed by atoms with Gasteiger partial charge >= 0.3 is 5.97 Å². The van der Waals surface area contributed by atoms with Crippen molar-refractivity contribution in [1.82, 2.24) is 4.31 Å². The van der Waals surface area contributed by atoms with Crippen molar-refractivity contribution >= 4 is 27.6 Å². The molecular formula is C22H26N2O6S. The Hall–Kier alpha value is -2.91. The van der Waals surface area contributed by atoms with Gasteiger partial charge in [-0.3, -0.25) is 4.79 Å². The van der Waals surface area contributed by atoms with E-state index in [2.05, 4.69) is 5.32 Å². The van der Waals surface area contributed by atoms with Gasteiger partial charge in [0.2, 0.25) is 10.0 Å².